The zero-order valence-corrected chi connectivity index (χ0v) is 14.5. The van der Waals surface area contributed by atoms with E-state index in [9.17, 15) is 8.42 Å². The zero-order chi connectivity index (χ0) is 16.4. The Morgan fingerprint density at radius 2 is 1.82 bits per heavy atom. The van der Waals surface area contributed by atoms with Crippen molar-refractivity contribution in [3.8, 4) is 0 Å². The third-order valence-corrected chi connectivity index (χ3v) is 7.19. The van der Waals surface area contributed by atoms with Crippen LogP contribution in [0.2, 0.25) is 0 Å². The molecule has 124 valence electrons. The van der Waals surface area contributed by atoms with E-state index in [2.05, 4.69) is 19.1 Å². The molecule has 1 aromatic carbocycles. The minimum absolute atomic E-state index is 0.0556. The molecule has 1 aliphatic rings. The summed E-state index contributed by atoms with van der Waals surface area (Å²) >= 11 is 0. The summed E-state index contributed by atoms with van der Waals surface area (Å²) in [6.07, 6.45) is 0.975. The van der Waals surface area contributed by atoms with Gasteiger partial charge in [0.05, 0.1) is 11.9 Å². The molecular weight excluding hydrogens is 298 g/mol. The van der Waals surface area contributed by atoms with Crippen LogP contribution in [0.25, 0.3) is 0 Å². The number of ether oxygens (including phenoxy) is 1. The molecule has 1 aromatic rings. The van der Waals surface area contributed by atoms with Crippen molar-refractivity contribution in [2.75, 3.05) is 25.5 Å². The van der Waals surface area contributed by atoms with Gasteiger partial charge in [0.1, 0.15) is 0 Å². The van der Waals surface area contributed by atoms with Crippen molar-refractivity contribution >= 4 is 9.84 Å². The zero-order valence-electron chi connectivity index (χ0n) is 13.7. The van der Waals surface area contributed by atoms with Crippen LogP contribution in [0.1, 0.15) is 37.8 Å². The van der Waals surface area contributed by atoms with Crippen molar-refractivity contribution in [3.63, 3.8) is 0 Å². The van der Waals surface area contributed by atoms with Gasteiger partial charge in [0.15, 0.2) is 9.84 Å². The second-order valence-corrected chi connectivity index (χ2v) is 8.43. The number of benzene rings is 1. The molecular formula is C17H27NO3S. The van der Waals surface area contributed by atoms with Crippen LogP contribution in [0.15, 0.2) is 24.3 Å². The Morgan fingerprint density at radius 3 is 2.27 bits per heavy atom. The average molecular weight is 325 g/mol. The highest BCUT2D eigenvalue weighted by molar-refractivity contribution is 7.92. The molecule has 0 heterocycles. The fraction of sp³-hybridized carbons (Fsp3) is 0.647. The highest BCUT2D eigenvalue weighted by Crippen LogP contribution is 2.62. The van der Waals surface area contributed by atoms with Gasteiger partial charge in [0.2, 0.25) is 0 Å². The number of hydrogen-bond acceptors (Lipinski definition) is 4. The molecule has 4 nitrogen and oxygen atoms in total. The second kappa shape index (κ2) is 6.69. The van der Waals surface area contributed by atoms with Gasteiger partial charge in [-0.05, 0) is 24.5 Å². The summed E-state index contributed by atoms with van der Waals surface area (Å²) in [4.78, 5) is 0. The summed E-state index contributed by atoms with van der Waals surface area (Å²) in [5, 5.41) is -0.422. The molecule has 22 heavy (non-hydrogen) atoms. The molecule has 0 unspecified atom stereocenters. The van der Waals surface area contributed by atoms with E-state index >= 15 is 0 Å². The lowest BCUT2D eigenvalue weighted by molar-refractivity contribution is 0.101. The molecule has 1 fully saturated rings. The first-order valence-corrected chi connectivity index (χ1v) is 9.76. The maximum atomic E-state index is 12.5. The summed E-state index contributed by atoms with van der Waals surface area (Å²) in [7, 11) is -3.15. The van der Waals surface area contributed by atoms with Crippen molar-refractivity contribution in [1.82, 2.24) is 0 Å². The fourth-order valence-electron chi connectivity index (χ4n) is 3.43. The van der Waals surface area contributed by atoms with E-state index in [4.69, 9.17) is 10.5 Å². The number of hydrogen-bond donors (Lipinski definition) is 1. The van der Waals surface area contributed by atoms with Crippen LogP contribution in [-0.2, 0) is 21.0 Å². The molecule has 0 saturated heterocycles. The van der Waals surface area contributed by atoms with Crippen LogP contribution in [0.4, 0.5) is 0 Å². The van der Waals surface area contributed by atoms with Crippen molar-refractivity contribution in [3.05, 3.63) is 35.4 Å². The standard InChI is InChI=1S/C17H27NO3S/c1-4-13-7-9-14(10-8-13)15-16(22(19,20)6-3)17(15,11-18)12-21-5-2/h7-10,15-16H,4-6,11-12,18H2,1-3H3/t15-,16-,17-/m1/s1. The Kier molecular flexibility index (Phi) is 5.30. The number of sulfone groups is 1. The first-order valence-electron chi connectivity index (χ1n) is 8.05. The molecule has 0 radical (unpaired) electrons. The van der Waals surface area contributed by atoms with Gasteiger partial charge in [-0.1, -0.05) is 38.1 Å². The summed E-state index contributed by atoms with van der Waals surface area (Å²) in [5.74, 6) is 0.0923. The Bertz CT molecular complexity index is 597. The molecule has 0 amide bonds. The molecule has 0 bridgehead atoms. The minimum atomic E-state index is -3.15. The third kappa shape index (κ3) is 2.94. The van der Waals surface area contributed by atoms with E-state index < -0.39 is 20.5 Å². The Labute approximate surface area is 134 Å². The van der Waals surface area contributed by atoms with E-state index in [0.29, 0.717) is 19.8 Å². The van der Waals surface area contributed by atoms with Gasteiger partial charge in [-0.2, -0.15) is 0 Å². The SMILES string of the molecule is CCOC[C@]1(CN)[C@H](c2ccc(CC)cc2)[C@H]1S(=O)(=O)CC. The fourth-order valence-corrected chi connectivity index (χ4v) is 5.58. The molecule has 0 spiro atoms. The van der Waals surface area contributed by atoms with E-state index in [1.54, 1.807) is 6.92 Å². The molecule has 2 rings (SSSR count). The highest BCUT2D eigenvalue weighted by atomic mass is 32.2. The van der Waals surface area contributed by atoms with E-state index in [0.717, 1.165) is 12.0 Å². The molecule has 5 heteroatoms. The summed E-state index contributed by atoms with van der Waals surface area (Å²) in [6, 6.07) is 8.24. The summed E-state index contributed by atoms with van der Waals surface area (Å²) in [6.45, 7) is 7.03. The maximum absolute atomic E-state index is 12.5. The smallest absolute Gasteiger partial charge is 0.154 e. The number of rotatable bonds is 8. The molecule has 0 aromatic heterocycles. The van der Waals surface area contributed by atoms with Gasteiger partial charge in [0.25, 0.3) is 0 Å². The van der Waals surface area contributed by atoms with Crippen LogP contribution in [0.5, 0.6) is 0 Å². The van der Waals surface area contributed by atoms with Gasteiger partial charge in [0, 0.05) is 30.2 Å². The van der Waals surface area contributed by atoms with Crippen LogP contribution < -0.4 is 5.73 Å². The van der Waals surface area contributed by atoms with Gasteiger partial charge in [-0.15, -0.1) is 0 Å². The lowest BCUT2D eigenvalue weighted by atomic mass is 9.99. The van der Waals surface area contributed by atoms with Crippen molar-refractivity contribution < 1.29 is 13.2 Å². The van der Waals surface area contributed by atoms with Crippen LogP contribution in [-0.4, -0.2) is 39.2 Å². The normalized spacial score (nSPS) is 27.8. The Morgan fingerprint density at radius 1 is 1.18 bits per heavy atom. The highest BCUT2D eigenvalue weighted by Gasteiger charge is 2.69. The first-order chi connectivity index (χ1) is 10.5. The maximum Gasteiger partial charge on any atom is 0.154 e. The van der Waals surface area contributed by atoms with Gasteiger partial charge < -0.3 is 10.5 Å². The topological polar surface area (TPSA) is 69.4 Å². The van der Waals surface area contributed by atoms with Crippen molar-refractivity contribution in [2.24, 2.45) is 11.1 Å². The Balaban J connectivity index is 2.37. The van der Waals surface area contributed by atoms with Crippen molar-refractivity contribution in [2.45, 2.75) is 38.4 Å². The summed E-state index contributed by atoms with van der Waals surface area (Å²) in [5.41, 5.74) is 7.83. The molecule has 3 atom stereocenters. The predicted molar refractivity (Wildman–Crippen MR) is 89.8 cm³/mol. The number of nitrogens with two attached hydrogens (primary N) is 1. The molecule has 0 aliphatic heterocycles. The van der Waals surface area contributed by atoms with Gasteiger partial charge >= 0.3 is 0 Å². The van der Waals surface area contributed by atoms with Gasteiger partial charge in [-0.3, -0.25) is 0 Å². The molecule has 1 aliphatic carbocycles. The monoisotopic (exact) mass is 325 g/mol. The lowest BCUT2D eigenvalue weighted by Crippen LogP contribution is -2.29. The second-order valence-electron chi connectivity index (χ2n) is 6.02. The minimum Gasteiger partial charge on any atom is -0.381 e. The molecule has 1 saturated carbocycles. The third-order valence-electron chi connectivity index (χ3n) is 4.87. The van der Waals surface area contributed by atoms with Crippen molar-refractivity contribution in [1.29, 1.82) is 0 Å². The van der Waals surface area contributed by atoms with Crippen LogP contribution in [0.3, 0.4) is 0 Å². The quantitative estimate of drug-likeness (QED) is 0.795. The largest absolute Gasteiger partial charge is 0.381 e. The Hall–Kier alpha value is -0.910. The van der Waals surface area contributed by atoms with Gasteiger partial charge in [-0.25, -0.2) is 8.42 Å². The lowest BCUT2D eigenvalue weighted by Gasteiger charge is -2.15. The summed E-state index contributed by atoms with van der Waals surface area (Å²) < 4.78 is 30.6. The van der Waals surface area contributed by atoms with Crippen LogP contribution >= 0.6 is 0 Å². The number of aryl methyl sites for hydroxylation is 1. The first kappa shape index (κ1) is 17.4. The van der Waals surface area contributed by atoms with E-state index in [-0.39, 0.29) is 11.7 Å². The van der Waals surface area contributed by atoms with Crippen LogP contribution in [0, 0.1) is 5.41 Å². The van der Waals surface area contributed by atoms with E-state index in [1.165, 1.54) is 5.56 Å². The average Bonchev–Trinajstić information content (AvgIpc) is 3.23. The predicted octanol–water partition coefficient (Wildman–Crippen LogP) is 2.13. The molecule has 2 N–H and O–H groups in total. The van der Waals surface area contributed by atoms with E-state index in [1.807, 2.05) is 19.1 Å².